The minimum atomic E-state index is -3.63. The molecule has 0 aliphatic heterocycles. The maximum Gasteiger partial charge on any atom is 0.277 e. The molecule has 2 rings (SSSR count). The summed E-state index contributed by atoms with van der Waals surface area (Å²) in [6.45, 7) is 2.92. The molecule has 0 radical (unpaired) electrons. The van der Waals surface area contributed by atoms with E-state index >= 15 is 0 Å². The number of terminal acetylenes is 1. The summed E-state index contributed by atoms with van der Waals surface area (Å²) in [5, 5.41) is 3.25. The van der Waals surface area contributed by atoms with Crippen molar-refractivity contribution < 1.29 is 12.8 Å². The first-order valence-corrected chi connectivity index (χ1v) is 8.27. The van der Waals surface area contributed by atoms with Crippen LogP contribution in [0.5, 0.6) is 0 Å². The SMILES string of the molecule is C#CCN(CCC)S(=O)(=O)c1ccc(CNC2CC2)o1. The molecule has 1 N–H and O–H groups in total. The second-order valence-electron chi connectivity index (χ2n) is 4.92. The van der Waals surface area contributed by atoms with E-state index in [0.29, 0.717) is 31.3 Å². The first kappa shape index (κ1) is 15.1. The third-order valence-corrected chi connectivity index (χ3v) is 4.83. The van der Waals surface area contributed by atoms with Gasteiger partial charge in [-0.1, -0.05) is 12.8 Å². The van der Waals surface area contributed by atoms with Crippen LogP contribution >= 0.6 is 0 Å². The van der Waals surface area contributed by atoms with E-state index in [0.717, 1.165) is 0 Å². The Kier molecular flexibility index (Phi) is 4.86. The van der Waals surface area contributed by atoms with Gasteiger partial charge in [0.2, 0.25) is 5.09 Å². The van der Waals surface area contributed by atoms with E-state index in [9.17, 15) is 8.42 Å². The maximum atomic E-state index is 12.4. The van der Waals surface area contributed by atoms with E-state index in [1.807, 2.05) is 6.92 Å². The third-order valence-electron chi connectivity index (χ3n) is 3.11. The zero-order chi connectivity index (χ0) is 14.6. The molecule has 0 saturated heterocycles. The molecule has 5 nitrogen and oxygen atoms in total. The monoisotopic (exact) mass is 296 g/mol. The third kappa shape index (κ3) is 3.63. The van der Waals surface area contributed by atoms with Crippen LogP contribution in [0.15, 0.2) is 21.6 Å². The highest BCUT2D eigenvalue weighted by molar-refractivity contribution is 7.89. The summed E-state index contributed by atoms with van der Waals surface area (Å²) in [5.41, 5.74) is 0. The standard InChI is InChI=1S/C14H20N2O3S/c1-3-9-16(10-4-2)20(17,18)14-8-7-13(19-14)11-15-12-5-6-12/h1,7-8,12,15H,4-6,9-11H2,2H3. The second-order valence-corrected chi connectivity index (χ2v) is 6.79. The number of nitrogens with zero attached hydrogens (tertiary/aromatic N) is 1. The van der Waals surface area contributed by atoms with Gasteiger partial charge in [0.15, 0.2) is 0 Å². The molecule has 0 bridgehead atoms. The largest absolute Gasteiger partial charge is 0.447 e. The molecule has 110 valence electrons. The van der Waals surface area contributed by atoms with Crippen molar-refractivity contribution in [1.29, 1.82) is 0 Å². The predicted molar refractivity (Wildman–Crippen MR) is 76.5 cm³/mol. The Morgan fingerprint density at radius 2 is 2.25 bits per heavy atom. The van der Waals surface area contributed by atoms with Crippen LogP contribution in [-0.4, -0.2) is 31.9 Å². The van der Waals surface area contributed by atoms with Gasteiger partial charge < -0.3 is 9.73 Å². The van der Waals surface area contributed by atoms with Gasteiger partial charge in [0.1, 0.15) is 5.76 Å². The Hall–Kier alpha value is -1.29. The lowest BCUT2D eigenvalue weighted by molar-refractivity contribution is 0.374. The van der Waals surface area contributed by atoms with Crippen molar-refractivity contribution in [3.8, 4) is 12.3 Å². The molecule has 1 aromatic rings. The number of sulfonamides is 1. The molecule has 1 aliphatic rings. The van der Waals surface area contributed by atoms with Crippen LogP contribution in [0.2, 0.25) is 0 Å². The molecule has 0 spiro atoms. The molecule has 1 aromatic heterocycles. The molecular formula is C14H20N2O3S. The first-order chi connectivity index (χ1) is 9.57. The Bertz CT molecular complexity index is 582. The minimum Gasteiger partial charge on any atom is -0.447 e. The summed E-state index contributed by atoms with van der Waals surface area (Å²) < 4.78 is 31.5. The Labute approximate surface area is 120 Å². The van der Waals surface area contributed by atoms with Crippen LogP contribution in [0.3, 0.4) is 0 Å². The van der Waals surface area contributed by atoms with Gasteiger partial charge in [0.25, 0.3) is 10.0 Å². The highest BCUT2D eigenvalue weighted by Gasteiger charge is 2.27. The number of rotatable bonds is 8. The fourth-order valence-corrected chi connectivity index (χ4v) is 3.26. The lowest BCUT2D eigenvalue weighted by Gasteiger charge is -2.17. The number of furan rings is 1. The molecule has 0 unspecified atom stereocenters. The summed E-state index contributed by atoms with van der Waals surface area (Å²) in [6, 6.07) is 3.75. The molecule has 0 aromatic carbocycles. The van der Waals surface area contributed by atoms with Crippen LogP contribution in [-0.2, 0) is 16.6 Å². The van der Waals surface area contributed by atoms with Crippen LogP contribution in [0.4, 0.5) is 0 Å². The van der Waals surface area contributed by atoms with Gasteiger partial charge in [-0.05, 0) is 31.4 Å². The molecule has 6 heteroatoms. The van der Waals surface area contributed by atoms with Crippen molar-refractivity contribution in [2.45, 2.75) is 43.9 Å². The zero-order valence-electron chi connectivity index (χ0n) is 11.6. The number of hydrogen-bond acceptors (Lipinski definition) is 4. The van der Waals surface area contributed by atoms with Crippen molar-refractivity contribution in [3.05, 3.63) is 17.9 Å². The summed E-state index contributed by atoms with van der Waals surface area (Å²) in [5.74, 6) is 3.01. The fourth-order valence-electron chi connectivity index (χ4n) is 1.89. The van der Waals surface area contributed by atoms with E-state index < -0.39 is 10.0 Å². The van der Waals surface area contributed by atoms with Gasteiger partial charge in [-0.25, -0.2) is 8.42 Å². The normalized spacial score (nSPS) is 15.4. The van der Waals surface area contributed by atoms with Gasteiger partial charge in [0, 0.05) is 12.6 Å². The van der Waals surface area contributed by atoms with Crippen molar-refractivity contribution in [2.75, 3.05) is 13.1 Å². The molecule has 1 saturated carbocycles. The quantitative estimate of drug-likeness (QED) is 0.740. The van der Waals surface area contributed by atoms with Crippen LogP contribution in [0, 0.1) is 12.3 Å². The molecule has 1 fully saturated rings. The lowest BCUT2D eigenvalue weighted by Crippen LogP contribution is -2.32. The smallest absolute Gasteiger partial charge is 0.277 e. The second kappa shape index (κ2) is 6.44. The van der Waals surface area contributed by atoms with Gasteiger partial charge >= 0.3 is 0 Å². The van der Waals surface area contributed by atoms with E-state index in [-0.39, 0.29) is 11.6 Å². The van der Waals surface area contributed by atoms with Crippen molar-refractivity contribution in [3.63, 3.8) is 0 Å². The molecule has 1 aliphatic carbocycles. The number of hydrogen-bond donors (Lipinski definition) is 1. The van der Waals surface area contributed by atoms with Gasteiger partial charge in [-0.2, -0.15) is 4.31 Å². The van der Waals surface area contributed by atoms with E-state index in [1.54, 1.807) is 6.07 Å². The Morgan fingerprint density at radius 3 is 2.85 bits per heavy atom. The first-order valence-electron chi connectivity index (χ1n) is 6.83. The van der Waals surface area contributed by atoms with Gasteiger partial charge in [-0.3, -0.25) is 0 Å². The minimum absolute atomic E-state index is 0.0335. The summed E-state index contributed by atoms with van der Waals surface area (Å²) in [7, 11) is -3.63. The highest BCUT2D eigenvalue weighted by Crippen LogP contribution is 2.22. The zero-order valence-corrected chi connectivity index (χ0v) is 12.4. The lowest BCUT2D eigenvalue weighted by atomic mass is 10.4. The molecular weight excluding hydrogens is 276 g/mol. The fraction of sp³-hybridized carbons (Fsp3) is 0.571. The average Bonchev–Trinajstić information content (AvgIpc) is 3.12. The van der Waals surface area contributed by atoms with E-state index in [2.05, 4.69) is 11.2 Å². The van der Waals surface area contributed by atoms with Crippen LogP contribution < -0.4 is 5.32 Å². The van der Waals surface area contributed by atoms with Gasteiger partial charge in [-0.15, -0.1) is 6.42 Å². The average molecular weight is 296 g/mol. The van der Waals surface area contributed by atoms with E-state index in [4.69, 9.17) is 10.8 Å². The Balaban J connectivity index is 2.08. The summed E-state index contributed by atoms with van der Waals surface area (Å²) in [6.07, 6.45) is 8.29. The summed E-state index contributed by atoms with van der Waals surface area (Å²) >= 11 is 0. The van der Waals surface area contributed by atoms with Crippen molar-refractivity contribution in [1.82, 2.24) is 9.62 Å². The molecule has 0 amide bonds. The predicted octanol–water partition coefficient (Wildman–Crippen LogP) is 1.57. The molecule has 1 heterocycles. The van der Waals surface area contributed by atoms with Crippen LogP contribution in [0.25, 0.3) is 0 Å². The van der Waals surface area contributed by atoms with Crippen molar-refractivity contribution >= 4 is 10.0 Å². The maximum absolute atomic E-state index is 12.4. The van der Waals surface area contributed by atoms with Crippen molar-refractivity contribution in [2.24, 2.45) is 0 Å². The number of nitrogens with one attached hydrogen (secondary N) is 1. The van der Waals surface area contributed by atoms with E-state index in [1.165, 1.54) is 23.2 Å². The molecule has 20 heavy (non-hydrogen) atoms. The highest BCUT2D eigenvalue weighted by atomic mass is 32.2. The summed E-state index contributed by atoms with van der Waals surface area (Å²) in [4.78, 5) is 0. The Morgan fingerprint density at radius 1 is 1.50 bits per heavy atom. The molecule has 0 atom stereocenters. The van der Waals surface area contributed by atoms with Crippen LogP contribution in [0.1, 0.15) is 31.9 Å². The van der Waals surface area contributed by atoms with Gasteiger partial charge in [0.05, 0.1) is 13.1 Å². The topological polar surface area (TPSA) is 62.6 Å².